The summed E-state index contributed by atoms with van der Waals surface area (Å²) in [7, 11) is 0. The molecule has 0 amide bonds. The van der Waals surface area contributed by atoms with E-state index in [-0.39, 0.29) is 5.56 Å². The molecule has 6 heteroatoms. The van der Waals surface area contributed by atoms with E-state index in [0.29, 0.717) is 0 Å². The lowest BCUT2D eigenvalue weighted by atomic mass is 10.1. The lowest BCUT2D eigenvalue weighted by Gasteiger charge is -2.09. The zero-order valence-corrected chi connectivity index (χ0v) is 7.51. The van der Waals surface area contributed by atoms with Crippen molar-refractivity contribution < 1.29 is 23.1 Å². The number of hydrogen-bond donors (Lipinski definition) is 2. The van der Waals surface area contributed by atoms with Crippen LogP contribution in [0.3, 0.4) is 0 Å². The van der Waals surface area contributed by atoms with Gasteiger partial charge in [0.05, 0.1) is 17.8 Å². The second kappa shape index (κ2) is 4.68. The molecule has 1 aromatic carbocycles. The van der Waals surface area contributed by atoms with Crippen molar-refractivity contribution in [3.05, 3.63) is 29.6 Å². The number of hydrogen-bond acceptors (Lipinski definition) is 2. The summed E-state index contributed by atoms with van der Waals surface area (Å²) in [6.07, 6.45) is -2.67. The van der Waals surface area contributed by atoms with Crippen LogP contribution >= 0.6 is 0 Å². The number of nitrogens with one attached hydrogen (secondary N) is 1. The van der Waals surface area contributed by atoms with Crippen molar-refractivity contribution >= 4 is 11.7 Å². The molecule has 0 aliphatic heterocycles. The van der Waals surface area contributed by atoms with Gasteiger partial charge in [-0.15, -0.1) is 0 Å². The average molecular weight is 219 g/mol. The summed E-state index contributed by atoms with van der Waals surface area (Å²) in [5.41, 5.74) is -0.777. The third kappa shape index (κ3) is 2.87. The van der Waals surface area contributed by atoms with Gasteiger partial charge in [0.25, 0.3) is 6.43 Å². The Morgan fingerprint density at radius 2 is 2.13 bits per heavy atom. The monoisotopic (exact) mass is 219 g/mol. The van der Waals surface area contributed by atoms with Gasteiger partial charge in [0.15, 0.2) is 0 Å². The van der Waals surface area contributed by atoms with Crippen molar-refractivity contribution in [2.75, 3.05) is 11.9 Å². The molecule has 0 saturated heterocycles. The van der Waals surface area contributed by atoms with Crippen LogP contribution in [0.5, 0.6) is 0 Å². The van der Waals surface area contributed by atoms with Gasteiger partial charge < -0.3 is 10.4 Å². The molecule has 0 atom stereocenters. The minimum Gasteiger partial charge on any atom is -0.478 e. The van der Waals surface area contributed by atoms with E-state index in [1.807, 2.05) is 0 Å². The zero-order valence-electron chi connectivity index (χ0n) is 7.51. The second-order valence-electron chi connectivity index (χ2n) is 2.74. The van der Waals surface area contributed by atoms with Gasteiger partial charge >= 0.3 is 5.97 Å². The number of carbonyl (C=O) groups is 1. The number of benzene rings is 1. The van der Waals surface area contributed by atoms with Crippen molar-refractivity contribution in [1.29, 1.82) is 0 Å². The van der Waals surface area contributed by atoms with Crippen LogP contribution in [0.1, 0.15) is 10.4 Å². The SMILES string of the molecule is O=C(O)c1cccc(F)c1NCC(F)F. The van der Waals surface area contributed by atoms with E-state index in [4.69, 9.17) is 5.11 Å². The summed E-state index contributed by atoms with van der Waals surface area (Å²) in [6, 6.07) is 3.34. The summed E-state index contributed by atoms with van der Waals surface area (Å²) >= 11 is 0. The Morgan fingerprint density at radius 1 is 1.47 bits per heavy atom. The molecule has 0 fully saturated rings. The fourth-order valence-electron chi connectivity index (χ4n) is 1.06. The van der Waals surface area contributed by atoms with Crippen molar-refractivity contribution in [3.63, 3.8) is 0 Å². The van der Waals surface area contributed by atoms with E-state index in [1.54, 1.807) is 0 Å². The summed E-state index contributed by atoms with van der Waals surface area (Å²) < 4.78 is 36.8. The van der Waals surface area contributed by atoms with Gasteiger partial charge in [-0.2, -0.15) is 0 Å². The molecule has 82 valence electrons. The maximum absolute atomic E-state index is 13.1. The Bertz CT molecular complexity index is 368. The van der Waals surface area contributed by atoms with E-state index in [1.165, 1.54) is 6.07 Å². The van der Waals surface area contributed by atoms with E-state index >= 15 is 0 Å². The lowest BCUT2D eigenvalue weighted by Crippen LogP contribution is -2.14. The maximum atomic E-state index is 13.1. The first-order chi connectivity index (χ1) is 7.02. The summed E-state index contributed by atoms with van der Waals surface area (Å²) in [6.45, 7) is -0.790. The fraction of sp³-hybridized carbons (Fsp3) is 0.222. The van der Waals surface area contributed by atoms with E-state index in [2.05, 4.69) is 5.32 Å². The number of carboxylic acid groups (broad SMARTS) is 1. The first-order valence-electron chi connectivity index (χ1n) is 4.06. The highest BCUT2D eigenvalue weighted by atomic mass is 19.3. The third-order valence-corrected chi connectivity index (χ3v) is 1.68. The fourth-order valence-corrected chi connectivity index (χ4v) is 1.06. The van der Waals surface area contributed by atoms with Crippen LogP contribution in [0.4, 0.5) is 18.9 Å². The Hall–Kier alpha value is -1.72. The number of carboxylic acids is 1. The molecule has 0 bridgehead atoms. The highest BCUT2D eigenvalue weighted by molar-refractivity contribution is 5.94. The van der Waals surface area contributed by atoms with Gasteiger partial charge in [0.2, 0.25) is 0 Å². The van der Waals surface area contributed by atoms with Gasteiger partial charge in [0.1, 0.15) is 5.82 Å². The number of para-hydroxylation sites is 1. The molecule has 3 nitrogen and oxygen atoms in total. The van der Waals surface area contributed by atoms with Crippen LogP contribution in [0.2, 0.25) is 0 Å². The largest absolute Gasteiger partial charge is 0.478 e. The number of alkyl halides is 2. The third-order valence-electron chi connectivity index (χ3n) is 1.68. The number of halogens is 3. The number of aromatic carboxylic acids is 1. The zero-order chi connectivity index (χ0) is 11.4. The first-order valence-corrected chi connectivity index (χ1v) is 4.06. The summed E-state index contributed by atoms with van der Waals surface area (Å²) in [5.74, 6) is -2.23. The summed E-state index contributed by atoms with van der Waals surface area (Å²) in [4.78, 5) is 10.6. The Morgan fingerprint density at radius 3 is 2.67 bits per heavy atom. The molecule has 0 unspecified atom stereocenters. The Balaban J connectivity index is 2.97. The van der Waals surface area contributed by atoms with Crippen LogP contribution in [0, 0.1) is 5.82 Å². The molecule has 0 aliphatic rings. The molecule has 1 aromatic rings. The van der Waals surface area contributed by atoms with Crippen molar-refractivity contribution in [3.8, 4) is 0 Å². The molecule has 0 aliphatic carbocycles. The van der Waals surface area contributed by atoms with Gasteiger partial charge in [-0.25, -0.2) is 18.0 Å². The van der Waals surface area contributed by atoms with Gasteiger partial charge in [-0.1, -0.05) is 6.07 Å². The highest BCUT2D eigenvalue weighted by Crippen LogP contribution is 2.19. The molecule has 1 rings (SSSR count). The smallest absolute Gasteiger partial charge is 0.337 e. The molecule has 0 radical (unpaired) electrons. The second-order valence-corrected chi connectivity index (χ2v) is 2.74. The van der Waals surface area contributed by atoms with E-state index < -0.39 is 30.4 Å². The molecule has 0 spiro atoms. The van der Waals surface area contributed by atoms with Crippen LogP contribution in [0.15, 0.2) is 18.2 Å². The minimum absolute atomic E-state index is 0.365. The van der Waals surface area contributed by atoms with E-state index in [9.17, 15) is 18.0 Å². The molecule has 0 heterocycles. The first kappa shape index (κ1) is 11.4. The number of rotatable bonds is 4. The van der Waals surface area contributed by atoms with Gasteiger partial charge in [-0.3, -0.25) is 0 Å². The Kier molecular flexibility index (Phi) is 3.54. The van der Waals surface area contributed by atoms with Crippen LogP contribution in [-0.2, 0) is 0 Å². The lowest BCUT2D eigenvalue weighted by molar-refractivity contribution is 0.0697. The van der Waals surface area contributed by atoms with Crippen LogP contribution in [-0.4, -0.2) is 24.0 Å². The standard InChI is InChI=1S/C9H8F3NO2/c10-6-3-1-2-5(9(14)15)8(6)13-4-7(11)12/h1-3,7,13H,4H2,(H,14,15). The van der Waals surface area contributed by atoms with Crippen LogP contribution in [0.25, 0.3) is 0 Å². The van der Waals surface area contributed by atoms with Crippen molar-refractivity contribution in [2.45, 2.75) is 6.43 Å². The van der Waals surface area contributed by atoms with Crippen molar-refractivity contribution in [2.24, 2.45) is 0 Å². The molecule has 2 N–H and O–H groups in total. The normalized spacial score (nSPS) is 10.4. The maximum Gasteiger partial charge on any atom is 0.337 e. The number of anilines is 1. The molecular formula is C9H8F3NO2. The highest BCUT2D eigenvalue weighted by Gasteiger charge is 2.14. The summed E-state index contributed by atoms with van der Waals surface area (Å²) in [5, 5.41) is 10.7. The van der Waals surface area contributed by atoms with Gasteiger partial charge in [0, 0.05) is 0 Å². The minimum atomic E-state index is -2.67. The topological polar surface area (TPSA) is 49.3 Å². The van der Waals surface area contributed by atoms with E-state index in [0.717, 1.165) is 12.1 Å². The van der Waals surface area contributed by atoms with Crippen molar-refractivity contribution in [1.82, 2.24) is 0 Å². The quantitative estimate of drug-likeness (QED) is 0.816. The molecule has 0 saturated carbocycles. The molecule has 15 heavy (non-hydrogen) atoms. The van der Waals surface area contributed by atoms with Gasteiger partial charge in [-0.05, 0) is 12.1 Å². The molecule has 0 aromatic heterocycles. The average Bonchev–Trinajstić information content (AvgIpc) is 2.15. The Labute approximate surface area is 83.5 Å². The predicted octanol–water partition coefficient (Wildman–Crippen LogP) is 2.20. The molecular weight excluding hydrogens is 211 g/mol. The van der Waals surface area contributed by atoms with Crippen LogP contribution < -0.4 is 5.32 Å². The predicted molar refractivity (Wildman–Crippen MR) is 47.9 cm³/mol.